The standard InChI is InChI=1S/C28H31N3O7S/c1-20-9-15-25(16-10-20)39(33,34)37-19-27(36-18-23-7-5-4-6-8-23)28(38-21(2)32)26(30-31-29)17-22-11-13-24(35-3)14-12-22/h4-16,26-28H,17-19H2,1-3H3/t26-,27+,28+/m0/s1. The summed E-state index contributed by atoms with van der Waals surface area (Å²) in [6.45, 7) is 2.64. The van der Waals surface area contributed by atoms with Crippen LogP contribution in [0.2, 0.25) is 0 Å². The van der Waals surface area contributed by atoms with Crippen LogP contribution in [0.1, 0.15) is 23.6 Å². The molecule has 0 amide bonds. The Hall–Kier alpha value is -3.89. The molecule has 0 bridgehead atoms. The fourth-order valence-electron chi connectivity index (χ4n) is 3.83. The summed E-state index contributed by atoms with van der Waals surface area (Å²) in [5, 5.41) is 3.89. The number of carbonyl (C=O) groups excluding carboxylic acids is 1. The zero-order valence-corrected chi connectivity index (χ0v) is 22.8. The second kappa shape index (κ2) is 14.3. The van der Waals surface area contributed by atoms with Crippen LogP contribution in [-0.2, 0) is 41.6 Å². The number of hydrogen-bond donors (Lipinski definition) is 0. The lowest BCUT2D eigenvalue weighted by Gasteiger charge is -2.31. The Labute approximate surface area is 228 Å². The van der Waals surface area contributed by atoms with Crippen molar-refractivity contribution in [2.45, 2.75) is 50.0 Å². The molecule has 39 heavy (non-hydrogen) atoms. The maximum atomic E-state index is 12.9. The van der Waals surface area contributed by atoms with Crippen LogP contribution >= 0.6 is 0 Å². The molecule has 206 valence electrons. The monoisotopic (exact) mass is 553 g/mol. The first-order valence-corrected chi connectivity index (χ1v) is 13.6. The van der Waals surface area contributed by atoms with Crippen LogP contribution in [0.15, 0.2) is 88.9 Å². The molecule has 0 saturated heterocycles. The Morgan fingerprint density at radius 3 is 2.23 bits per heavy atom. The van der Waals surface area contributed by atoms with Gasteiger partial charge < -0.3 is 14.2 Å². The van der Waals surface area contributed by atoms with Gasteiger partial charge in [-0.15, -0.1) is 0 Å². The van der Waals surface area contributed by atoms with E-state index >= 15 is 0 Å². The number of hydrogen-bond acceptors (Lipinski definition) is 8. The molecule has 3 aromatic carbocycles. The van der Waals surface area contributed by atoms with Gasteiger partial charge in [-0.2, -0.15) is 8.42 Å². The molecule has 0 aliphatic carbocycles. The molecule has 0 radical (unpaired) electrons. The molecular weight excluding hydrogens is 522 g/mol. The maximum Gasteiger partial charge on any atom is 0.303 e. The van der Waals surface area contributed by atoms with E-state index < -0.39 is 40.9 Å². The number of azide groups is 1. The zero-order chi connectivity index (χ0) is 28.3. The summed E-state index contributed by atoms with van der Waals surface area (Å²) in [4.78, 5) is 15.1. The fourth-order valence-corrected chi connectivity index (χ4v) is 4.75. The highest BCUT2D eigenvalue weighted by Crippen LogP contribution is 2.23. The molecule has 0 fully saturated rings. The average molecular weight is 554 g/mol. The van der Waals surface area contributed by atoms with E-state index in [2.05, 4.69) is 10.0 Å². The largest absolute Gasteiger partial charge is 0.497 e. The van der Waals surface area contributed by atoms with E-state index in [9.17, 15) is 18.7 Å². The maximum absolute atomic E-state index is 12.9. The molecule has 0 heterocycles. The van der Waals surface area contributed by atoms with Crippen molar-refractivity contribution in [2.75, 3.05) is 13.7 Å². The van der Waals surface area contributed by atoms with Crippen molar-refractivity contribution in [1.82, 2.24) is 0 Å². The quantitative estimate of drug-likeness (QED) is 0.0885. The van der Waals surface area contributed by atoms with Crippen molar-refractivity contribution in [3.05, 3.63) is 106 Å². The predicted octanol–water partition coefficient (Wildman–Crippen LogP) is 5.15. The number of methoxy groups -OCH3 is 1. The zero-order valence-electron chi connectivity index (χ0n) is 22.0. The molecule has 0 spiro atoms. The SMILES string of the molecule is COc1ccc(C[C@H](N=[N+]=[N-])[C@@H](OC(C)=O)[C@@H](COS(=O)(=O)c2ccc(C)cc2)OCc2ccccc2)cc1. The summed E-state index contributed by atoms with van der Waals surface area (Å²) in [7, 11) is -2.61. The molecule has 0 unspecified atom stereocenters. The summed E-state index contributed by atoms with van der Waals surface area (Å²) < 4.78 is 48.1. The van der Waals surface area contributed by atoms with Crippen LogP contribution in [0.3, 0.4) is 0 Å². The third kappa shape index (κ3) is 9.12. The van der Waals surface area contributed by atoms with Gasteiger partial charge in [0, 0.05) is 11.8 Å². The fraction of sp³-hybridized carbons (Fsp3) is 0.321. The minimum atomic E-state index is -4.16. The second-order valence-corrected chi connectivity index (χ2v) is 10.4. The van der Waals surface area contributed by atoms with Crippen molar-refractivity contribution in [1.29, 1.82) is 0 Å². The Kier molecular flexibility index (Phi) is 10.9. The van der Waals surface area contributed by atoms with Crippen LogP contribution in [0.5, 0.6) is 5.75 Å². The van der Waals surface area contributed by atoms with Gasteiger partial charge >= 0.3 is 5.97 Å². The van der Waals surface area contributed by atoms with Crippen LogP contribution in [0.25, 0.3) is 10.4 Å². The van der Waals surface area contributed by atoms with E-state index in [-0.39, 0.29) is 17.9 Å². The summed E-state index contributed by atoms with van der Waals surface area (Å²) in [5.41, 5.74) is 11.8. The Bertz CT molecular complexity index is 1360. The van der Waals surface area contributed by atoms with E-state index in [4.69, 9.17) is 18.4 Å². The van der Waals surface area contributed by atoms with Gasteiger partial charge in [-0.3, -0.25) is 8.98 Å². The Morgan fingerprint density at radius 1 is 0.974 bits per heavy atom. The van der Waals surface area contributed by atoms with Crippen LogP contribution in [-0.4, -0.2) is 46.4 Å². The van der Waals surface area contributed by atoms with E-state index in [1.165, 1.54) is 19.1 Å². The van der Waals surface area contributed by atoms with Gasteiger partial charge in [-0.1, -0.05) is 65.3 Å². The van der Waals surface area contributed by atoms with Crippen molar-refractivity contribution in [3.8, 4) is 5.75 Å². The van der Waals surface area contributed by atoms with E-state index in [0.29, 0.717) is 5.75 Å². The molecule has 3 aromatic rings. The summed E-state index contributed by atoms with van der Waals surface area (Å²) >= 11 is 0. The normalized spacial score (nSPS) is 13.5. The number of ether oxygens (including phenoxy) is 3. The smallest absolute Gasteiger partial charge is 0.303 e. The molecule has 0 aliphatic heterocycles. The highest BCUT2D eigenvalue weighted by atomic mass is 32.2. The first-order chi connectivity index (χ1) is 18.7. The second-order valence-electron chi connectivity index (χ2n) is 8.79. The van der Waals surface area contributed by atoms with Gasteiger partial charge in [0.15, 0.2) is 0 Å². The number of aryl methyl sites for hydroxylation is 1. The first-order valence-electron chi connectivity index (χ1n) is 12.2. The van der Waals surface area contributed by atoms with Gasteiger partial charge in [0.05, 0.1) is 31.3 Å². The number of esters is 1. The first kappa shape index (κ1) is 29.7. The van der Waals surface area contributed by atoms with Gasteiger partial charge in [-0.25, -0.2) is 0 Å². The molecule has 3 rings (SSSR count). The lowest BCUT2D eigenvalue weighted by atomic mass is 9.98. The van der Waals surface area contributed by atoms with E-state index in [0.717, 1.165) is 16.7 Å². The summed E-state index contributed by atoms with van der Waals surface area (Å²) in [6.07, 6.45) is -2.07. The third-order valence-electron chi connectivity index (χ3n) is 5.86. The number of carbonyl (C=O) groups is 1. The average Bonchev–Trinajstić information content (AvgIpc) is 2.93. The summed E-state index contributed by atoms with van der Waals surface area (Å²) in [5.74, 6) is -0.00280. The number of benzene rings is 3. The lowest BCUT2D eigenvalue weighted by Crippen LogP contribution is -2.45. The molecule has 0 saturated carbocycles. The lowest BCUT2D eigenvalue weighted by molar-refractivity contribution is -0.159. The Morgan fingerprint density at radius 2 is 1.64 bits per heavy atom. The molecule has 0 aromatic heterocycles. The number of rotatable bonds is 14. The molecule has 3 atom stereocenters. The van der Waals surface area contributed by atoms with E-state index in [1.54, 1.807) is 43.5 Å². The van der Waals surface area contributed by atoms with E-state index in [1.807, 2.05) is 37.3 Å². The van der Waals surface area contributed by atoms with Gasteiger partial charge in [0.1, 0.15) is 18.0 Å². The van der Waals surface area contributed by atoms with Gasteiger partial charge in [-0.05, 0) is 54.3 Å². The molecular formula is C28H31N3O7S. The molecule has 10 nitrogen and oxygen atoms in total. The molecule has 0 aliphatic rings. The third-order valence-corrected chi connectivity index (χ3v) is 7.15. The van der Waals surface area contributed by atoms with Crippen molar-refractivity contribution in [3.63, 3.8) is 0 Å². The molecule has 11 heteroatoms. The topological polar surface area (TPSA) is 137 Å². The van der Waals surface area contributed by atoms with Crippen molar-refractivity contribution < 1.29 is 31.6 Å². The Balaban J connectivity index is 1.92. The van der Waals surface area contributed by atoms with Gasteiger partial charge in [0.2, 0.25) is 0 Å². The summed E-state index contributed by atoms with van der Waals surface area (Å²) in [6, 6.07) is 21.6. The predicted molar refractivity (Wildman–Crippen MR) is 145 cm³/mol. The van der Waals surface area contributed by atoms with Gasteiger partial charge in [0.25, 0.3) is 10.1 Å². The highest BCUT2D eigenvalue weighted by Gasteiger charge is 2.35. The molecule has 0 N–H and O–H groups in total. The van der Waals surface area contributed by atoms with Crippen LogP contribution in [0, 0.1) is 6.92 Å². The van der Waals surface area contributed by atoms with Crippen LogP contribution in [0.4, 0.5) is 0 Å². The number of nitrogens with zero attached hydrogens (tertiary/aromatic N) is 3. The van der Waals surface area contributed by atoms with Crippen LogP contribution < -0.4 is 4.74 Å². The van der Waals surface area contributed by atoms with Crippen molar-refractivity contribution >= 4 is 16.1 Å². The minimum absolute atomic E-state index is 0.0243. The van der Waals surface area contributed by atoms with Crippen molar-refractivity contribution in [2.24, 2.45) is 5.11 Å². The minimum Gasteiger partial charge on any atom is -0.497 e. The highest BCUT2D eigenvalue weighted by molar-refractivity contribution is 7.86.